The first kappa shape index (κ1) is 22.9. The lowest BCUT2D eigenvalue weighted by Gasteiger charge is -2.13. The molecule has 1 amide bonds. The molecule has 9 heteroatoms. The number of fused-ring (bicyclic) bond motifs is 1. The number of hydrogen-bond donors (Lipinski definition) is 1. The Labute approximate surface area is 200 Å². The van der Waals surface area contributed by atoms with Gasteiger partial charge in [0.15, 0.2) is 14.8 Å². The van der Waals surface area contributed by atoms with Crippen LogP contribution in [0.1, 0.15) is 37.7 Å². The molecule has 0 spiro atoms. The van der Waals surface area contributed by atoms with E-state index in [0.717, 1.165) is 30.5 Å². The molecule has 0 saturated carbocycles. The quantitative estimate of drug-likeness (QED) is 0.222. The maximum atomic E-state index is 13.0. The third-order valence-corrected chi connectivity index (χ3v) is 8.00. The van der Waals surface area contributed by atoms with Crippen LogP contribution in [0, 0.1) is 10.9 Å². The zero-order valence-corrected chi connectivity index (χ0v) is 20.7. The highest BCUT2D eigenvalue weighted by Crippen LogP contribution is 2.27. The van der Waals surface area contributed by atoms with Crippen molar-refractivity contribution < 1.29 is 4.79 Å². The zero-order valence-electron chi connectivity index (χ0n) is 18.2. The average molecular weight is 487 g/mol. The fraction of sp³-hybridized carbons (Fsp3) is 0.391. The van der Waals surface area contributed by atoms with Gasteiger partial charge < -0.3 is 5.32 Å². The molecule has 0 fully saturated rings. The minimum absolute atomic E-state index is 0.0539. The molecule has 32 heavy (non-hydrogen) atoms. The van der Waals surface area contributed by atoms with Crippen molar-refractivity contribution in [2.75, 3.05) is 12.3 Å². The Morgan fingerprint density at radius 1 is 1.31 bits per heavy atom. The summed E-state index contributed by atoms with van der Waals surface area (Å²) in [5, 5.41) is 3.49. The van der Waals surface area contributed by atoms with Gasteiger partial charge in [0, 0.05) is 13.6 Å². The highest BCUT2D eigenvalue weighted by atomic mass is 32.2. The summed E-state index contributed by atoms with van der Waals surface area (Å²) in [6.45, 7) is 2.65. The van der Waals surface area contributed by atoms with Crippen molar-refractivity contribution in [3.8, 4) is 5.69 Å². The molecule has 0 radical (unpaired) electrons. The first-order chi connectivity index (χ1) is 15.5. The third-order valence-electron chi connectivity index (χ3n) is 5.62. The summed E-state index contributed by atoms with van der Waals surface area (Å²) in [5.74, 6) is 0.155. The van der Waals surface area contributed by atoms with Crippen molar-refractivity contribution in [3.05, 3.63) is 55.8 Å². The number of thioether (sulfide) groups is 1. The van der Waals surface area contributed by atoms with Crippen LogP contribution in [0.2, 0.25) is 0 Å². The van der Waals surface area contributed by atoms with E-state index in [1.54, 1.807) is 7.05 Å². The lowest BCUT2D eigenvalue weighted by atomic mass is 9.97. The molecule has 1 N–H and O–H groups in total. The second-order valence-electron chi connectivity index (χ2n) is 7.90. The van der Waals surface area contributed by atoms with Gasteiger partial charge in [-0.1, -0.05) is 52.9 Å². The van der Waals surface area contributed by atoms with Crippen molar-refractivity contribution in [2.24, 2.45) is 7.05 Å². The Bertz CT molecular complexity index is 1300. The van der Waals surface area contributed by atoms with E-state index in [1.165, 1.54) is 46.1 Å². The van der Waals surface area contributed by atoms with Crippen LogP contribution in [-0.2, 0) is 11.8 Å². The molecule has 1 aliphatic rings. The number of allylic oxidation sites excluding steroid dienone is 1. The molecule has 0 atom stereocenters. The molecule has 1 aromatic carbocycles. The summed E-state index contributed by atoms with van der Waals surface area (Å²) < 4.78 is 4.46. The van der Waals surface area contributed by atoms with E-state index in [0.29, 0.717) is 26.0 Å². The van der Waals surface area contributed by atoms with Gasteiger partial charge in [-0.05, 0) is 62.9 Å². The molecular weight excluding hydrogens is 460 g/mol. The Morgan fingerprint density at radius 2 is 2.12 bits per heavy atom. The number of benzene rings is 1. The van der Waals surface area contributed by atoms with Crippen molar-refractivity contribution in [3.63, 3.8) is 0 Å². The molecule has 0 unspecified atom stereocenters. The fourth-order valence-corrected chi connectivity index (χ4v) is 5.97. The summed E-state index contributed by atoms with van der Waals surface area (Å²) in [6.07, 6.45) is 8.02. The van der Waals surface area contributed by atoms with Crippen LogP contribution in [0.15, 0.2) is 45.9 Å². The van der Waals surface area contributed by atoms with Crippen molar-refractivity contribution in [1.29, 1.82) is 0 Å². The average Bonchev–Trinajstić information content (AvgIpc) is 3.12. The molecule has 2 aromatic heterocycles. The van der Waals surface area contributed by atoms with Gasteiger partial charge in [-0.25, -0.2) is 4.98 Å². The highest BCUT2D eigenvalue weighted by molar-refractivity contribution is 7.99. The van der Waals surface area contributed by atoms with E-state index in [-0.39, 0.29) is 17.2 Å². The Kier molecular flexibility index (Phi) is 7.27. The second kappa shape index (κ2) is 10.1. The first-order valence-electron chi connectivity index (χ1n) is 10.7. The van der Waals surface area contributed by atoms with E-state index >= 15 is 0 Å². The number of thiazole rings is 1. The van der Waals surface area contributed by atoms with Gasteiger partial charge in [0.2, 0.25) is 5.91 Å². The maximum Gasteiger partial charge on any atom is 0.273 e. The molecule has 4 rings (SSSR count). The number of rotatable bonds is 7. The summed E-state index contributed by atoms with van der Waals surface area (Å²) in [4.78, 5) is 30.1. The number of aromatic nitrogens is 3. The Morgan fingerprint density at radius 3 is 2.88 bits per heavy atom. The standard InChI is InChI=1S/C23H26N4O2S3/c1-15-8-6-7-11-17(15)27-20-19(32-23(27)30)21(29)26(2)22(25-20)31-14-18(28)24-13-12-16-9-4-3-5-10-16/h6-9,11H,3-5,10,12-14H2,1-2H3,(H,24,28). The number of aryl methyl sites for hydroxylation is 1. The number of para-hydroxylation sites is 1. The Hall–Kier alpha value is -2.23. The molecule has 6 nitrogen and oxygen atoms in total. The molecule has 168 valence electrons. The number of nitrogens with one attached hydrogen (secondary N) is 1. The van der Waals surface area contributed by atoms with Crippen LogP contribution >= 0.6 is 35.3 Å². The van der Waals surface area contributed by atoms with Gasteiger partial charge in [-0.2, -0.15) is 0 Å². The lowest BCUT2D eigenvalue weighted by molar-refractivity contribution is -0.118. The zero-order chi connectivity index (χ0) is 22.7. The number of hydrogen-bond acceptors (Lipinski definition) is 6. The van der Waals surface area contributed by atoms with Gasteiger partial charge in [0.25, 0.3) is 5.56 Å². The van der Waals surface area contributed by atoms with Crippen molar-refractivity contribution >= 4 is 51.6 Å². The molecule has 0 saturated heterocycles. The van der Waals surface area contributed by atoms with Crippen LogP contribution < -0.4 is 10.9 Å². The van der Waals surface area contributed by atoms with Gasteiger partial charge >= 0.3 is 0 Å². The number of nitrogens with zero attached hydrogens (tertiary/aromatic N) is 3. The highest BCUT2D eigenvalue weighted by Gasteiger charge is 2.18. The van der Waals surface area contributed by atoms with E-state index in [2.05, 4.69) is 11.4 Å². The molecule has 0 aliphatic heterocycles. The van der Waals surface area contributed by atoms with Crippen LogP contribution in [0.3, 0.4) is 0 Å². The Balaban J connectivity index is 1.52. The summed E-state index contributed by atoms with van der Waals surface area (Å²) in [7, 11) is 1.69. The van der Waals surface area contributed by atoms with Crippen LogP contribution in [0.4, 0.5) is 0 Å². The smallest absolute Gasteiger partial charge is 0.273 e. The predicted molar refractivity (Wildman–Crippen MR) is 135 cm³/mol. The minimum Gasteiger partial charge on any atom is -0.355 e. The van der Waals surface area contributed by atoms with Crippen LogP contribution in [0.25, 0.3) is 16.0 Å². The predicted octanol–water partition coefficient (Wildman–Crippen LogP) is 4.92. The van der Waals surface area contributed by atoms with Gasteiger partial charge in [-0.15, -0.1) is 0 Å². The fourth-order valence-electron chi connectivity index (χ4n) is 3.84. The van der Waals surface area contributed by atoms with Crippen LogP contribution in [-0.4, -0.2) is 32.3 Å². The van der Waals surface area contributed by atoms with Gasteiger partial charge in [0.1, 0.15) is 4.70 Å². The molecule has 0 bridgehead atoms. The molecule has 2 heterocycles. The minimum atomic E-state index is -0.148. The topological polar surface area (TPSA) is 68.9 Å². The van der Waals surface area contributed by atoms with E-state index in [9.17, 15) is 9.59 Å². The van der Waals surface area contributed by atoms with Crippen molar-refractivity contribution in [2.45, 2.75) is 44.2 Å². The monoisotopic (exact) mass is 486 g/mol. The molecule has 1 aliphatic carbocycles. The SMILES string of the molecule is Cc1ccccc1-n1c(=S)sc2c(=O)n(C)c(SCC(=O)NCCC3=CCCCC3)nc21. The summed E-state index contributed by atoms with van der Waals surface area (Å²) in [6, 6.07) is 7.88. The molecule has 3 aromatic rings. The number of amides is 1. The van der Waals surface area contributed by atoms with E-state index < -0.39 is 0 Å². The van der Waals surface area contributed by atoms with Crippen LogP contribution in [0.5, 0.6) is 0 Å². The normalized spacial score (nSPS) is 13.9. The summed E-state index contributed by atoms with van der Waals surface area (Å²) >= 11 is 8.11. The number of carbonyl (C=O) groups excluding carboxylic acids is 1. The number of carbonyl (C=O) groups is 1. The lowest BCUT2D eigenvalue weighted by Crippen LogP contribution is -2.27. The van der Waals surface area contributed by atoms with Crippen molar-refractivity contribution in [1.82, 2.24) is 19.4 Å². The van der Waals surface area contributed by atoms with E-state index in [1.807, 2.05) is 35.8 Å². The van der Waals surface area contributed by atoms with E-state index in [4.69, 9.17) is 17.2 Å². The largest absolute Gasteiger partial charge is 0.355 e. The van der Waals surface area contributed by atoms with Gasteiger partial charge in [0.05, 0.1) is 11.4 Å². The van der Waals surface area contributed by atoms with Gasteiger partial charge in [-0.3, -0.25) is 18.7 Å². The second-order valence-corrected chi connectivity index (χ2v) is 10.5. The molecular formula is C23H26N4O2S3. The third kappa shape index (κ3) is 4.89. The summed E-state index contributed by atoms with van der Waals surface area (Å²) in [5.41, 5.74) is 3.80. The first-order valence-corrected chi connectivity index (χ1v) is 12.9. The maximum absolute atomic E-state index is 13.0.